The second-order valence-electron chi connectivity index (χ2n) is 4.37. The van der Waals surface area contributed by atoms with E-state index in [2.05, 4.69) is 6.58 Å². The fourth-order valence-electron chi connectivity index (χ4n) is 1.59. The number of hydrogen-bond donors (Lipinski definition) is 0. The zero-order valence-electron chi connectivity index (χ0n) is 10.8. The summed E-state index contributed by atoms with van der Waals surface area (Å²) in [6, 6.07) is -0.555. The molecule has 0 amide bonds. The van der Waals surface area contributed by atoms with Crippen LogP contribution in [0.15, 0.2) is 12.7 Å². The third-order valence-electron chi connectivity index (χ3n) is 2.55. The zero-order valence-corrected chi connectivity index (χ0v) is 11.8. The predicted molar refractivity (Wildman–Crippen MR) is 67.3 cm³/mol. The van der Waals surface area contributed by atoms with Crippen molar-refractivity contribution in [2.24, 2.45) is 0 Å². The predicted octanol–water partition coefficient (Wildman–Crippen LogP) is 4.29. The molecule has 0 saturated heterocycles. The van der Waals surface area contributed by atoms with Crippen molar-refractivity contribution in [1.82, 2.24) is 0 Å². The molecule has 0 aliphatic rings. The van der Waals surface area contributed by atoms with Crippen LogP contribution in [0.4, 0.5) is 12.3 Å². The number of carbonyl (C=O) groups excluding carboxylic acids is 1. The molecule has 6 heteroatoms. The first-order chi connectivity index (χ1) is 8.35. The van der Waals surface area contributed by atoms with Gasteiger partial charge in [-0.1, -0.05) is 25.8 Å². The molecule has 0 heterocycles. The minimum Gasteiger partial charge on any atom is -0.460 e. The van der Waals surface area contributed by atoms with Crippen LogP contribution in [0.3, 0.4) is 0 Å². The molecule has 0 aliphatic heterocycles. The van der Waals surface area contributed by atoms with Crippen LogP contribution in [0.2, 0.25) is 6.04 Å². The van der Waals surface area contributed by atoms with Crippen molar-refractivity contribution < 1.29 is 21.9 Å². The number of esters is 1. The summed E-state index contributed by atoms with van der Waals surface area (Å²) < 4.78 is 40.9. The first kappa shape index (κ1) is 17.2. The Morgan fingerprint density at radius 3 is 2.33 bits per heavy atom. The molecule has 0 aromatic carbocycles. The maximum Gasteiger partial charge on any atom is 0.616 e. The zero-order chi connectivity index (χ0) is 14.0. The Labute approximate surface area is 108 Å². The van der Waals surface area contributed by atoms with Crippen molar-refractivity contribution in [3.8, 4) is 0 Å². The van der Waals surface area contributed by atoms with E-state index in [0.29, 0.717) is 6.42 Å². The molecule has 0 saturated carbocycles. The van der Waals surface area contributed by atoms with Crippen LogP contribution in [0.1, 0.15) is 45.4 Å². The topological polar surface area (TPSA) is 26.3 Å². The Balaban J connectivity index is 3.35. The monoisotopic (exact) mass is 282 g/mol. The summed E-state index contributed by atoms with van der Waals surface area (Å²) in [6.07, 6.45) is 5.17. The van der Waals surface area contributed by atoms with E-state index in [-0.39, 0.29) is 12.5 Å². The van der Waals surface area contributed by atoms with Crippen LogP contribution in [0, 0.1) is 0 Å². The summed E-state index contributed by atoms with van der Waals surface area (Å²) in [5, 5.41) is 0. The van der Waals surface area contributed by atoms with E-state index in [4.69, 9.17) is 4.74 Å². The molecule has 0 aliphatic carbocycles. The number of carbonyl (C=O) groups is 1. The highest BCUT2D eigenvalue weighted by atomic mass is 28.5. The molecule has 0 bridgehead atoms. The fourth-order valence-corrected chi connectivity index (χ4v) is 2.24. The van der Waals surface area contributed by atoms with Crippen molar-refractivity contribution in [3.05, 3.63) is 12.7 Å². The molecule has 0 spiro atoms. The molecule has 2 nitrogen and oxygen atoms in total. The third-order valence-corrected chi connectivity index (χ3v) is 3.48. The molecule has 0 rings (SSSR count). The normalized spacial score (nSPS) is 13.1. The van der Waals surface area contributed by atoms with Gasteiger partial charge in [-0.15, -0.1) is 0 Å². The quantitative estimate of drug-likeness (QED) is 0.196. The molecule has 0 aromatic rings. The summed E-state index contributed by atoms with van der Waals surface area (Å²) >= 11 is 0. The van der Waals surface area contributed by atoms with Gasteiger partial charge in [-0.25, -0.2) is 17.1 Å². The average molecular weight is 282 g/mol. The highest BCUT2D eigenvalue weighted by Gasteiger charge is 2.35. The van der Waals surface area contributed by atoms with Gasteiger partial charge in [0.15, 0.2) is 0 Å². The van der Waals surface area contributed by atoms with Gasteiger partial charge in [-0.2, -0.15) is 0 Å². The van der Waals surface area contributed by atoms with Crippen molar-refractivity contribution in [2.45, 2.75) is 57.6 Å². The van der Waals surface area contributed by atoms with E-state index >= 15 is 0 Å². The van der Waals surface area contributed by atoms with E-state index in [1.54, 1.807) is 6.92 Å². The summed E-state index contributed by atoms with van der Waals surface area (Å²) in [4.78, 5) is 10.8. The number of hydrogen-bond acceptors (Lipinski definition) is 2. The Bertz CT molecular complexity index is 254. The Hall–Kier alpha value is -0.783. The van der Waals surface area contributed by atoms with E-state index in [1.807, 2.05) is 0 Å². The fraction of sp³-hybridized carbons (Fsp3) is 0.750. The minimum atomic E-state index is -5.33. The first-order valence-electron chi connectivity index (χ1n) is 6.25. The van der Waals surface area contributed by atoms with Crippen LogP contribution in [-0.2, 0) is 9.53 Å². The number of rotatable bonds is 10. The molecule has 0 aromatic heterocycles. The van der Waals surface area contributed by atoms with Crippen LogP contribution in [0.25, 0.3) is 0 Å². The van der Waals surface area contributed by atoms with Crippen LogP contribution >= 0.6 is 0 Å². The molecule has 1 unspecified atom stereocenters. The average Bonchev–Trinajstić information content (AvgIpc) is 2.26. The second-order valence-corrected chi connectivity index (χ2v) is 6.10. The van der Waals surface area contributed by atoms with Gasteiger partial charge in [0.25, 0.3) is 0 Å². The molecule has 0 fully saturated rings. The minimum absolute atomic E-state index is 0.155. The van der Waals surface area contributed by atoms with Crippen molar-refractivity contribution in [3.63, 3.8) is 0 Å². The van der Waals surface area contributed by atoms with Gasteiger partial charge in [-0.3, -0.25) is 0 Å². The van der Waals surface area contributed by atoms with Gasteiger partial charge in [0, 0.05) is 12.1 Å². The van der Waals surface area contributed by atoms with E-state index in [9.17, 15) is 17.1 Å². The molecular weight excluding hydrogens is 261 g/mol. The van der Waals surface area contributed by atoms with Crippen molar-refractivity contribution >= 4 is 15.0 Å². The van der Waals surface area contributed by atoms with Crippen LogP contribution in [-0.4, -0.2) is 21.1 Å². The van der Waals surface area contributed by atoms with Gasteiger partial charge < -0.3 is 4.74 Å². The van der Waals surface area contributed by atoms with Gasteiger partial charge in [-0.05, 0) is 26.2 Å². The summed E-state index contributed by atoms with van der Waals surface area (Å²) in [5.74, 6) is -0.433. The summed E-state index contributed by atoms with van der Waals surface area (Å²) in [6.45, 7) is 5.10. The van der Waals surface area contributed by atoms with Gasteiger partial charge >= 0.3 is 15.0 Å². The lowest BCUT2D eigenvalue weighted by molar-refractivity contribution is -0.142. The van der Waals surface area contributed by atoms with Crippen LogP contribution in [0.5, 0.6) is 0 Å². The Morgan fingerprint density at radius 2 is 1.78 bits per heavy atom. The highest BCUT2D eigenvalue weighted by Crippen LogP contribution is 2.19. The largest absolute Gasteiger partial charge is 0.616 e. The van der Waals surface area contributed by atoms with E-state index in [1.165, 1.54) is 0 Å². The summed E-state index contributed by atoms with van der Waals surface area (Å²) in [7, 11) is -5.33. The molecule has 18 heavy (non-hydrogen) atoms. The molecule has 0 N–H and O–H groups in total. The molecular formula is C12H21F3O2Si. The lowest BCUT2D eigenvalue weighted by Crippen LogP contribution is -2.13. The smallest absolute Gasteiger partial charge is 0.460 e. The maximum atomic E-state index is 12.0. The second kappa shape index (κ2) is 9.19. The molecule has 1 atom stereocenters. The van der Waals surface area contributed by atoms with Crippen LogP contribution < -0.4 is 0 Å². The number of halogens is 3. The molecule has 106 valence electrons. The number of ether oxygens (including phenoxy) is 1. The molecule has 0 radical (unpaired) electrons. The Kier molecular flexibility index (Phi) is 8.79. The van der Waals surface area contributed by atoms with Crippen molar-refractivity contribution in [2.75, 3.05) is 0 Å². The summed E-state index contributed by atoms with van der Waals surface area (Å²) in [5.41, 5.74) is 0. The lowest BCUT2D eigenvalue weighted by Gasteiger charge is -2.11. The maximum absolute atomic E-state index is 12.0. The van der Waals surface area contributed by atoms with Gasteiger partial charge in [0.05, 0.1) is 6.10 Å². The first-order valence-corrected chi connectivity index (χ1v) is 8.09. The SMILES string of the molecule is C=CC(=O)OC(C)CCCCCCC[Si](F)(F)F. The van der Waals surface area contributed by atoms with E-state index < -0.39 is 21.1 Å². The third kappa shape index (κ3) is 11.7. The standard InChI is InChI=1S/C12H21F3O2Si/c1-3-12(16)17-11(2)9-7-5-4-6-8-10-18(13,14)15/h3,11H,1,4-10H2,2H3. The Morgan fingerprint density at radius 1 is 1.22 bits per heavy atom. The number of unbranched alkanes of at least 4 members (excludes halogenated alkanes) is 4. The van der Waals surface area contributed by atoms with Gasteiger partial charge in [0.2, 0.25) is 0 Å². The van der Waals surface area contributed by atoms with Gasteiger partial charge in [0.1, 0.15) is 0 Å². The lowest BCUT2D eigenvalue weighted by atomic mass is 10.1. The highest BCUT2D eigenvalue weighted by molar-refractivity contribution is 6.58. The van der Waals surface area contributed by atoms with Crippen molar-refractivity contribution in [1.29, 1.82) is 0 Å². The van der Waals surface area contributed by atoms with E-state index in [0.717, 1.165) is 31.8 Å².